The number of aromatic nitrogens is 4. The van der Waals surface area contributed by atoms with Gasteiger partial charge in [-0.25, -0.2) is 4.57 Å². The summed E-state index contributed by atoms with van der Waals surface area (Å²) in [5.74, 6) is 2.06. The van der Waals surface area contributed by atoms with Crippen molar-refractivity contribution >= 4 is 34.3 Å². The monoisotopic (exact) mass is 473 g/mol. The Kier molecular flexibility index (Phi) is 5.70. The number of hydrogen-bond acceptors (Lipinski definition) is 6. The lowest BCUT2D eigenvalue weighted by molar-refractivity contribution is -0.127. The van der Waals surface area contributed by atoms with Crippen LogP contribution in [0, 0.1) is 13.8 Å². The number of furan rings is 1. The fraction of sp³-hybridized carbons (Fsp3) is 0.200. The molecule has 3 heterocycles. The van der Waals surface area contributed by atoms with Crippen molar-refractivity contribution < 1.29 is 9.21 Å². The van der Waals surface area contributed by atoms with E-state index in [2.05, 4.69) is 10.2 Å². The van der Waals surface area contributed by atoms with Gasteiger partial charge in [-0.15, -0.1) is 10.2 Å². The average Bonchev–Trinajstić information content (AvgIpc) is 3.44. The van der Waals surface area contributed by atoms with Gasteiger partial charge in [0.05, 0.1) is 28.9 Å². The molecule has 0 spiro atoms. The van der Waals surface area contributed by atoms with Crippen molar-refractivity contribution in [1.82, 2.24) is 24.1 Å². The fourth-order valence-corrected chi connectivity index (χ4v) is 4.71. The summed E-state index contributed by atoms with van der Waals surface area (Å²) in [5.41, 5.74) is 2.34. The number of thioether (sulfide) groups is 1. The highest BCUT2D eigenvalue weighted by molar-refractivity contribution is 7.99. The number of nitrogens with zero attached hydrogens (tertiary/aromatic N) is 5. The van der Waals surface area contributed by atoms with Gasteiger partial charge in [-0.05, 0) is 50.2 Å². The van der Waals surface area contributed by atoms with Crippen LogP contribution in [0.4, 0.5) is 0 Å². The first-order valence-corrected chi connectivity index (χ1v) is 11.8. The van der Waals surface area contributed by atoms with Gasteiger partial charge < -0.3 is 9.32 Å². The second kappa shape index (κ2) is 8.83. The molecule has 0 N–H and O–H groups in total. The number of rotatable bonds is 6. The molecule has 9 heteroatoms. The Morgan fingerprint density at radius 3 is 2.53 bits per heavy atom. The Hall–Kier alpha value is -3.85. The molecule has 34 heavy (non-hydrogen) atoms. The van der Waals surface area contributed by atoms with E-state index >= 15 is 0 Å². The molecule has 0 unspecified atom stereocenters. The first-order valence-electron chi connectivity index (χ1n) is 10.8. The summed E-state index contributed by atoms with van der Waals surface area (Å²) in [6, 6.07) is 18.8. The second-order valence-electron chi connectivity index (χ2n) is 8.16. The van der Waals surface area contributed by atoms with Gasteiger partial charge in [0.15, 0.2) is 5.16 Å². The highest BCUT2D eigenvalue weighted by atomic mass is 32.2. The number of aryl methyl sites for hydroxylation is 2. The van der Waals surface area contributed by atoms with Crippen molar-refractivity contribution in [3.63, 3.8) is 0 Å². The van der Waals surface area contributed by atoms with E-state index in [9.17, 15) is 9.59 Å². The van der Waals surface area contributed by atoms with Crippen molar-refractivity contribution in [3.05, 3.63) is 88.1 Å². The van der Waals surface area contributed by atoms with E-state index in [0.717, 1.165) is 17.1 Å². The van der Waals surface area contributed by atoms with Crippen molar-refractivity contribution in [2.24, 2.45) is 0 Å². The van der Waals surface area contributed by atoms with Gasteiger partial charge in [0.2, 0.25) is 11.7 Å². The lowest BCUT2D eigenvalue weighted by Gasteiger charge is -2.15. The Morgan fingerprint density at radius 2 is 1.79 bits per heavy atom. The van der Waals surface area contributed by atoms with Gasteiger partial charge in [-0.2, -0.15) is 0 Å². The summed E-state index contributed by atoms with van der Waals surface area (Å²) in [5, 5.41) is 9.77. The zero-order chi connectivity index (χ0) is 23.8. The van der Waals surface area contributed by atoms with E-state index in [4.69, 9.17) is 4.42 Å². The van der Waals surface area contributed by atoms with E-state index in [1.54, 1.807) is 22.6 Å². The van der Waals surface area contributed by atoms with Gasteiger partial charge in [-0.1, -0.05) is 41.6 Å². The minimum atomic E-state index is -0.166. The van der Waals surface area contributed by atoms with Crippen molar-refractivity contribution in [1.29, 1.82) is 0 Å². The van der Waals surface area contributed by atoms with Crippen LogP contribution >= 0.6 is 11.8 Å². The summed E-state index contributed by atoms with van der Waals surface area (Å²) in [7, 11) is 1.74. The first kappa shape index (κ1) is 22.0. The molecule has 1 amide bonds. The van der Waals surface area contributed by atoms with Crippen LogP contribution in [-0.2, 0) is 11.3 Å². The maximum Gasteiger partial charge on any atom is 0.267 e. The molecule has 0 aliphatic carbocycles. The molecular weight excluding hydrogens is 450 g/mol. The van der Waals surface area contributed by atoms with E-state index < -0.39 is 0 Å². The molecule has 172 valence electrons. The van der Waals surface area contributed by atoms with Crippen LogP contribution in [0.1, 0.15) is 17.1 Å². The predicted molar refractivity (Wildman–Crippen MR) is 131 cm³/mol. The van der Waals surface area contributed by atoms with E-state index in [1.807, 2.05) is 72.8 Å². The Labute approximate surface area is 199 Å². The largest absolute Gasteiger partial charge is 0.464 e. The number of para-hydroxylation sites is 1. The van der Waals surface area contributed by atoms with Crippen LogP contribution in [0.15, 0.2) is 75.0 Å². The molecule has 0 aliphatic rings. The maximum atomic E-state index is 13.4. The summed E-state index contributed by atoms with van der Waals surface area (Å²) >= 11 is 1.29. The number of hydrogen-bond donors (Lipinski definition) is 0. The van der Waals surface area contributed by atoms with E-state index in [-0.39, 0.29) is 17.2 Å². The molecule has 0 radical (unpaired) electrons. The van der Waals surface area contributed by atoms with Crippen molar-refractivity contribution in [3.8, 4) is 5.69 Å². The average molecular weight is 474 g/mol. The summed E-state index contributed by atoms with van der Waals surface area (Å²) in [6.07, 6.45) is 0. The van der Waals surface area contributed by atoms with Gasteiger partial charge in [0.25, 0.3) is 5.56 Å². The van der Waals surface area contributed by atoms with Gasteiger partial charge >= 0.3 is 0 Å². The Bertz CT molecular complexity index is 1570. The molecule has 5 rings (SSSR count). The molecule has 0 saturated heterocycles. The molecule has 3 aromatic heterocycles. The third kappa shape index (κ3) is 3.99. The lowest BCUT2D eigenvalue weighted by atomic mass is 10.2. The normalized spacial score (nSPS) is 11.4. The lowest BCUT2D eigenvalue weighted by Crippen LogP contribution is -2.27. The van der Waals surface area contributed by atoms with Crippen molar-refractivity contribution in [2.75, 3.05) is 12.8 Å². The molecule has 0 aliphatic heterocycles. The first-order chi connectivity index (χ1) is 16.4. The minimum absolute atomic E-state index is 0.0630. The molecule has 2 aromatic carbocycles. The Morgan fingerprint density at radius 1 is 1.03 bits per heavy atom. The van der Waals surface area contributed by atoms with Crippen LogP contribution in [-0.4, -0.2) is 42.8 Å². The topological polar surface area (TPSA) is 85.6 Å². The van der Waals surface area contributed by atoms with Crippen LogP contribution < -0.4 is 5.56 Å². The molecule has 8 nitrogen and oxygen atoms in total. The summed E-state index contributed by atoms with van der Waals surface area (Å²) in [6.45, 7) is 4.26. The predicted octanol–water partition coefficient (Wildman–Crippen LogP) is 3.99. The van der Waals surface area contributed by atoms with E-state index in [1.165, 1.54) is 11.8 Å². The zero-order valence-corrected chi connectivity index (χ0v) is 19.9. The molecule has 0 atom stereocenters. The number of amides is 1. The number of carbonyl (C=O) groups is 1. The summed E-state index contributed by atoms with van der Waals surface area (Å²) < 4.78 is 8.97. The van der Waals surface area contributed by atoms with Crippen LogP contribution in [0.25, 0.3) is 22.4 Å². The third-order valence-electron chi connectivity index (χ3n) is 5.63. The quantitative estimate of drug-likeness (QED) is 0.347. The highest BCUT2D eigenvalue weighted by Crippen LogP contribution is 2.24. The molecular formula is C25H23N5O3S. The third-order valence-corrected chi connectivity index (χ3v) is 6.54. The number of benzene rings is 2. The molecule has 0 saturated carbocycles. The van der Waals surface area contributed by atoms with Crippen LogP contribution in [0.2, 0.25) is 0 Å². The minimum Gasteiger partial charge on any atom is -0.464 e. The zero-order valence-electron chi connectivity index (χ0n) is 19.1. The van der Waals surface area contributed by atoms with Crippen molar-refractivity contribution in [2.45, 2.75) is 25.5 Å². The fourth-order valence-electron chi connectivity index (χ4n) is 3.83. The van der Waals surface area contributed by atoms with Gasteiger partial charge in [-0.3, -0.25) is 14.0 Å². The van der Waals surface area contributed by atoms with Gasteiger partial charge in [0.1, 0.15) is 11.5 Å². The second-order valence-corrected chi connectivity index (χ2v) is 9.10. The maximum absolute atomic E-state index is 13.4. The van der Waals surface area contributed by atoms with Gasteiger partial charge in [0, 0.05) is 7.05 Å². The van der Waals surface area contributed by atoms with Crippen LogP contribution in [0.3, 0.4) is 0 Å². The van der Waals surface area contributed by atoms with Crippen LogP contribution in [0.5, 0.6) is 0 Å². The smallest absolute Gasteiger partial charge is 0.267 e. The highest BCUT2D eigenvalue weighted by Gasteiger charge is 2.19. The number of carbonyl (C=O) groups excluding carboxylic acids is 1. The Balaban J connectivity index is 1.51. The standard InChI is InChI=1S/C25H23N5O3S/c1-16-8-11-18(12-9-16)29-23(32)20-6-4-5-7-21(20)30-24(29)26-27-25(30)34-15-22(31)28(3)14-19-13-10-17(2)33-19/h4-13H,14-15H2,1-3H3. The SMILES string of the molecule is Cc1ccc(-n2c(=O)c3ccccc3n3c(SCC(=O)N(C)Cc4ccc(C)o4)nnc23)cc1. The molecule has 0 fully saturated rings. The molecule has 5 aromatic rings. The number of fused-ring (bicyclic) bond motifs is 3. The van der Waals surface area contributed by atoms with E-state index in [0.29, 0.717) is 34.1 Å². The summed E-state index contributed by atoms with van der Waals surface area (Å²) in [4.78, 5) is 27.8. The molecule has 0 bridgehead atoms.